The van der Waals surface area contributed by atoms with Gasteiger partial charge in [-0.2, -0.15) is 9.97 Å². The molecule has 2 aromatic rings. The fourth-order valence-electron chi connectivity index (χ4n) is 2.84. The lowest BCUT2D eigenvalue weighted by atomic mass is 10.1. The van der Waals surface area contributed by atoms with Crippen molar-refractivity contribution in [1.82, 2.24) is 15.0 Å². The van der Waals surface area contributed by atoms with Crippen LogP contribution in [0.2, 0.25) is 5.15 Å². The Morgan fingerprint density at radius 2 is 2.04 bits per heavy atom. The molecule has 11 heteroatoms. The molecule has 27 heavy (non-hydrogen) atoms. The van der Waals surface area contributed by atoms with E-state index < -0.39 is 24.2 Å². The van der Waals surface area contributed by atoms with E-state index in [2.05, 4.69) is 32.1 Å². The minimum absolute atomic E-state index is 0.0307. The summed E-state index contributed by atoms with van der Waals surface area (Å²) >= 11 is 7.40. The van der Waals surface area contributed by atoms with Crippen LogP contribution >= 0.6 is 22.9 Å². The molecule has 0 amide bonds. The third-order valence-corrected chi connectivity index (χ3v) is 5.42. The molecule has 0 saturated heterocycles. The van der Waals surface area contributed by atoms with Crippen molar-refractivity contribution in [2.75, 3.05) is 17.7 Å². The van der Waals surface area contributed by atoms with Gasteiger partial charge in [0.05, 0.1) is 23.6 Å². The van der Waals surface area contributed by atoms with Crippen molar-refractivity contribution < 1.29 is 20.4 Å². The first-order valence-corrected chi connectivity index (χ1v) is 9.26. The van der Waals surface area contributed by atoms with E-state index in [4.69, 9.17) is 22.4 Å². The number of hydrogen-bond acceptors (Lipinski definition) is 10. The summed E-state index contributed by atoms with van der Waals surface area (Å²) in [6.07, 6.45) is -0.285. The molecule has 1 aliphatic carbocycles. The van der Waals surface area contributed by atoms with Crippen LogP contribution in [-0.4, -0.2) is 60.2 Å². The number of nitrogen functional groups attached to an aromatic ring is 1. The monoisotopic (exact) mass is 411 g/mol. The number of rotatable bonds is 4. The van der Waals surface area contributed by atoms with Gasteiger partial charge in [0.15, 0.2) is 10.2 Å². The van der Waals surface area contributed by atoms with Gasteiger partial charge in [0.2, 0.25) is 5.95 Å². The zero-order chi connectivity index (χ0) is 19.6. The van der Waals surface area contributed by atoms with E-state index in [0.717, 1.165) is 0 Å². The van der Waals surface area contributed by atoms with Crippen LogP contribution in [0.25, 0.3) is 0 Å². The first-order valence-electron chi connectivity index (χ1n) is 8.07. The summed E-state index contributed by atoms with van der Waals surface area (Å²) in [6.45, 7) is -0.362. The van der Waals surface area contributed by atoms with Crippen LogP contribution < -0.4 is 11.1 Å². The molecule has 0 aliphatic heterocycles. The van der Waals surface area contributed by atoms with Gasteiger partial charge >= 0.3 is 0 Å². The second-order valence-electron chi connectivity index (χ2n) is 6.05. The Morgan fingerprint density at radius 1 is 1.26 bits per heavy atom. The lowest BCUT2D eigenvalue weighted by Crippen LogP contribution is -2.35. The summed E-state index contributed by atoms with van der Waals surface area (Å²) in [5, 5.41) is 42.1. The Labute approximate surface area is 163 Å². The van der Waals surface area contributed by atoms with Crippen LogP contribution in [-0.2, 0) is 6.61 Å². The van der Waals surface area contributed by atoms with E-state index in [1.807, 2.05) is 0 Å². The summed E-state index contributed by atoms with van der Waals surface area (Å²) in [7, 11) is 0. The lowest BCUT2D eigenvalue weighted by Gasteiger charge is -2.19. The molecule has 9 nitrogen and oxygen atoms in total. The second kappa shape index (κ2) is 8.35. The maximum atomic E-state index is 10.2. The van der Waals surface area contributed by atoms with Crippen molar-refractivity contribution in [2.24, 2.45) is 5.92 Å². The summed E-state index contributed by atoms with van der Waals surface area (Å²) in [4.78, 5) is 12.7. The number of anilines is 2. The second-order valence-corrected chi connectivity index (χ2v) is 7.52. The zero-order valence-electron chi connectivity index (χ0n) is 14.0. The minimum atomic E-state index is -1.09. The number of aliphatic hydroxyl groups excluding tert-OH is 4. The standard InChI is InChI=1S/C16H18ClN5O4S/c17-14-9(1-2-11-19-4-8(6-24)27-11)15(22-16(18)21-14)20-10-3-7(5-23)12(25)13(10)26/h4,7,10,12-13,23-26H,3,5-6H2,(H3,18,20,21,22). The highest BCUT2D eigenvalue weighted by Gasteiger charge is 2.41. The Hall–Kier alpha value is -2.00. The number of thiazole rings is 1. The molecule has 7 N–H and O–H groups in total. The van der Waals surface area contributed by atoms with Crippen molar-refractivity contribution in [1.29, 1.82) is 0 Å². The quantitative estimate of drug-likeness (QED) is 0.290. The highest BCUT2D eigenvalue weighted by atomic mass is 35.5. The number of aromatic nitrogens is 3. The Morgan fingerprint density at radius 3 is 2.67 bits per heavy atom. The predicted octanol–water partition coefficient (Wildman–Crippen LogP) is -0.425. The van der Waals surface area contributed by atoms with Crippen molar-refractivity contribution in [3.8, 4) is 11.8 Å². The van der Waals surface area contributed by atoms with Crippen molar-refractivity contribution in [2.45, 2.75) is 31.3 Å². The van der Waals surface area contributed by atoms with Crippen LogP contribution in [0.5, 0.6) is 0 Å². The fourth-order valence-corrected chi connectivity index (χ4v) is 3.69. The third kappa shape index (κ3) is 4.30. The van der Waals surface area contributed by atoms with E-state index in [0.29, 0.717) is 16.3 Å². The molecular formula is C16H18ClN5O4S. The minimum Gasteiger partial charge on any atom is -0.396 e. The van der Waals surface area contributed by atoms with Crippen LogP contribution in [0.4, 0.5) is 11.8 Å². The van der Waals surface area contributed by atoms with E-state index in [1.165, 1.54) is 17.5 Å². The van der Waals surface area contributed by atoms with Gasteiger partial charge in [-0.3, -0.25) is 0 Å². The van der Waals surface area contributed by atoms with Gasteiger partial charge in [-0.15, -0.1) is 11.3 Å². The number of nitrogens with zero attached hydrogens (tertiary/aromatic N) is 3. The number of halogens is 1. The Balaban J connectivity index is 1.90. The van der Waals surface area contributed by atoms with Crippen molar-refractivity contribution >= 4 is 34.7 Å². The predicted molar refractivity (Wildman–Crippen MR) is 100 cm³/mol. The average molecular weight is 412 g/mol. The maximum absolute atomic E-state index is 10.2. The fraction of sp³-hybridized carbons (Fsp3) is 0.438. The topological polar surface area (TPSA) is 158 Å². The van der Waals surface area contributed by atoms with Crippen LogP contribution in [0.15, 0.2) is 6.20 Å². The van der Waals surface area contributed by atoms with Crippen molar-refractivity contribution in [3.05, 3.63) is 26.8 Å². The van der Waals surface area contributed by atoms with Crippen LogP contribution in [0.1, 0.15) is 21.9 Å². The molecule has 4 unspecified atom stereocenters. The number of aliphatic hydroxyl groups is 4. The SMILES string of the molecule is Nc1nc(Cl)c(C#Cc2ncc(CO)s2)c(NC2CC(CO)C(O)C2O)n1. The maximum Gasteiger partial charge on any atom is 0.223 e. The summed E-state index contributed by atoms with van der Waals surface area (Å²) < 4.78 is 0. The van der Waals surface area contributed by atoms with Gasteiger partial charge in [-0.05, 0) is 12.3 Å². The molecule has 0 aromatic carbocycles. The molecular weight excluding hydrogens is 394 g/mol. The highest BCUT2D eigenvalue weighted by Crippen LogP contribution is 2.30. The smallest absolute Gasteiger partial charge is 0.223 e. The van der Waals surface area contributed by atoms with Crippen LogP contribution in [0, 0.1) is 17.8 Å². The average Bonchev–Trinajstić information content (AvgIpc) is 3.20. The van der Waals surface area contributed by atoms with E-state index in [9.17, 15) is 15.3 Å². The zero-order valence-corrected chi connectivity index (χ0v) is 15.6. The molecule has 0 bridgehead atoms. The number of hydrogen-bond donors (Lipinski definition) is 6. The van der Waals surface area contributed by atoms with Crippen molar-refractivity contribution in [3.63, 3.8) is 0 Å². The summed E-state index contributed by atoms with van der Waals surface area (Å²) in [6, 6.07) is -0.566. The molecule has 2 aromatic heterocycles. The molecule has 0 spiro atoms. The van der Waals surface area contributed by atoms with E-state index in [-0.39, 0.29) is 35.7 Å². The van der Waals surface area contributed by atoms with Gasteiger partial charge in [0, 0.05) is 18.7 Å². The van der Waals surface area contributed by atoms with Gasteiger partial charge in [0.25, 0.3) is 0 Å². The van der Waals surface area contributed by atoms with Gasteiger partial charge in [-0.25, -0.2) is 4.98 Å². The normalized spacial score (nSPS) is 24.5. The van der Waals surface area contributed by atoms with Gasteiger partial charge in [0.1, 0.15) is 17.5 Å². The van der Waals surface area contributed by atoms with E-state index >= 15 is 0 Å². The lowest BCUT2D eigenvalue weighted by molar-refractivity contribution is 0.00445. The molecule has 144 valence electrons. The highest BCUT2D eigenvalue weighted by molar-refractivity contribution is 7.12. The largest absolute Gasteiger partial charge is 0.396 e. The first-order chi connectivity index (χ1) is 12.9. The molecule has 1 saturated carbocycles. The molecule has 3 rings (SSSR count). The Kier molecular flexibility index (Phi) is 6.11. The molecule has 0 radical (unpaired) electrons. The van der Waals surface area contributed by atoms with Gasteiger partial charge in [-0.1, -0.05) is 17.5 Å². The van der Waals surface area contributed by atoms with E-state index in [1.54, 1.807) is 0 Å². The third-order valence-electron chi connectivity index (χ3n) is 4.24. The first kappa shape index (κ1) is 19.8. The number of nitrogens with one attached hydrogen (secondary N) is 1. The number of nitrogens with two attached hydrogens (primary N) is 1. The summed E-state index contributed by atoms with van der Waals surface area (Å²) in [5.74, 6) is 5.36. The molecule has 4 atom stereocenters. The van der Waals surface area contributed by atoms with Crippen LogP contribution in [0.3, 0.4) is 0 Å². The molecule has 2 heterocycles. The van der Waals surface area contributed by atoms with Gasteiger partial charge < -0.3 is 31.5 Å². The Bertz CT molecular complexity index is 883. The molecule has 1 fully saturated rings. The molecule has 1 aliphatic rings. The summed E-state index contributed by atoms with van der Waals surface area (Å²) in [5.41, 5.74) is 5.93.